The summed E-state index contributed by atoms with van der Waals surface area (Å²) in [4.78, 5) is 29.7. The summed E-state index contributed by atoms with van der Waals surface area (Å²) in [6.07, 6.45) is 3.01. The molecule has 1 saturated heterocycles. The van der Waals surface area contributed by atoms with Crippen molar-refractivity contribution in [2.45, 2.75) is 6.92 Å². The second kappa shape index (κ2) is 8.81. The Balaban J connectivity index is 1.43. The third kappa shape index (κ3) is 5.17. The van der Waals surface area contributed by atoms with Crippen molar-refractivity contribution in [1.82, 2.24) is 4.90 Å². The number of amides is 1. The molecule has 2 aromatic rings. The van der Waals surface area contributed by atoms with Crippen LogP contribution in [0.1, 0.15) is 9.75 Å². The van der Waals surface area contributed by atoms with Gasteiger partial charge in [0.1, 0.15) is 5.82 Å². The van der Waals surface area contributed by atoms with E-state index in [1.54, 1.807) is 40.5 Å². The first-order valence-electron chi connectivity index (χ1n) is 8.71. The van der Waals surface area contributed by atoms with E-state index >= 15 is 0 Å². The lowest BCUT2D eigenvalue weighted by Gasteiger charge is -2.36. The van der Waals surface area contributed by atoms with E-state index < -0.39 is 5.97 Å². The fourth-order valence-corrected chi connectivity index (χ4v) is 3.65. The zero-order valence-electron chi connectivity index (χ0n) is 15.1. The van der Waals surface area contributed by atoms with Crippen molar-refractivity contribution in [3.8, 4) is 0 Å². The predicted octanol–water partition coefficient (Wildman–Crippen LogP) is 3.10. The van der Waals surface area contributed by atoms with E-state index in [9.17, 15) is 14.0 Å². The van der Waals surface area contributed by atoms with Gasteiger partial charge in [-0.15, -0.1) is 11.3 Å². The minimum atomic E-state index is -0.542. The van der Waals surface area contributed by atoms with Gasteiger partial charge < -0.3 is 14.5 Å². The second-order valence-corrected chi connectivity index (χ2v) is 7.53. The van der Waals surface area contributed by atoms with E-state index in [1.165, 1.54) is 12.1 Å². The average molecular weight is 388 g/mol. The Morgan fingerprint density at radius 3 is 2.56 bits per heavy atom. The van der Waals surface area contributed by atoms with Gasteiger partial charge in [0, 0.05) is 42.0 Å². The van der Waals surface area contributed by atoms with Gasteiger partial charge in [-0.05, 0) is 37.3 Å². The minimum Gasteiger partial charge on any atom is -0.452 e. The molecule has 0 unspecified atom stereocenters. The number of carbonyl (C=O) groups is 2. The fraction of sp³-hybridized carbons (Fsp3) is 0.300. The van der Waals surface area contributed by atoms with Gasteiger partial charge in [-0.25, -0.2) is 9.18 Å². The van der Waals surface area contributed by atoms with Crippen molar-refractivity contribution in [2.75, 3.05) is 37.7 Å². The molecule has 1 aromatic carbocycles. The summed E-state index contributed by atoms with van der Waals surface area (Å²) in [5.41, 5.74) is 0.546. The van der Waals surface area contributed by atoms with Gasteiger partial charge >= 0.3 is 5.97 Å². The standard InChI is InChI=1S/C20H21FN2O3S/c1-15-6-7-16(27-15)8-9-20(25)26-14-19(24)23-12-10-22(11-13-23)18-5-3-2-4-17(18)21/h2-9H,10-14H2,1H3/b9-8+. The van der Waals surface area contributed by atoms with Gasteiger partial charge in [0.15, 0.2) is 6.61 Å². The zero-order valence-corrected chi connectivity index (χ0v) is 15.9. The number of aryl methyl sites for hydroxylation is 1. The molecule has 1 aliphatic heterocycles. The van der Waals surface area contributed by atoms with E-state index in [-0.39, 0.29) is 18.3 Å². The smallest absolute Gasteiger partial charge is 0.331 e. The van der Waals surface area contributed by atoms with Crippen LogP contribution >= 0.6 is 11.3 Å². The Bertz CT molecular complexity index is 841. The number of esters is 1. The van der Waals surface area contributed by atoms with Crippen LogP contribution in [0.2, 0.25) is 0 Å². The van der Waals surface area contributed by atoms with E-state index in [2.05, 4.69) is 0 Å². The number of piperazine rings is 1. The molecular formula is C20H21FN2O3S. The highest BCUT2D eigenvalue weighted by Gasteiger charge is 2.23. The van der Waals surface area contributed by atoms with Crippen LogP contribution in [0.15, 0.2) is 42.5 Å². The van der Waals surface area contributed by atoms with Gasteiger partial charge in [0.2, 0.25) is 0 Å². The second-order valence-electron chi connectivity index (χ2n) is 6.21. The topological polar surface area (TPSA) is 49.9 Å². The summed E-state index contributed by atoms with van der Waals surface area (Å²) < 4.78 is 18.9. The van der Waals surface area contributed by atoms with Crippen molar-refractivity contribution in [3.05, 3.63) is 58.0 Å². The molecule has 7 heteroatoms. The summed E-state index contributed by atoms with van der Waals surface area (Å²) in [7, 11) is 0. The summed E-state index contributed by atoms with van der Waals surface area (Å²) in [5, 5.41) is 0. The number of anilines is 1. The van der Waals surface area contributed by atoms with Crippen LogP contribution in [0, 0.1) is 12.7 Å². The van der Waals surface area contributed by atoms with Crippen LogP contribution in [-0.2, 0) is 14.3 Å². The number of thiophene rings is 1. The minimum absolute atomic E-state index is 0.239. The number of benzene rings is 1. The fourth-order valence-electron chi connectivity index (χ4n) is 2.87. The van der Waals surface area contributed by atoms with Gasteiger partial charge in [-0.1, -0.05) is 12.1 Å². The lowest BCUT2D eigenvalue weighted by atomic mass is 10.2. The van der Waals surface area contributed by atoms with E-state index in [0.29, 0.717) is 31.9 Å². The number of rotatable bonds is 5. The Kier molecular flexibility index (Phi) is 6.24. The van der Waals surface area contributed by atoms with Crippen LogP contribution in [0.4, 0.5) is 10.1 Å². The Labute approximate surface area is 161 Å². The van der Waals surface area contributed by atoms with Crippen LogP contribution in [0.25, 0.3) is 6.08 Å². The average Bonchev–Trinajstić information content (AvgIpc) is 3.10. The molecule has 3 rings (SSSR count). The van der Waals surface area contributed by atoms with Gasteiger partial charge in [0.25, 0.3) is 5.91 Å². The maximum absolute atomic E-state index is 13.9. The number of para-hydroxylation sites is 1. The lowest BCUT2D eigenvalue weighted by molar-refractivity contribution is -0.148. The molecule has 0 saturated carbocycles. The molecular weight excluding hydrogens is 367 g/mol. The molecule has 0 atom stereocenters. The molecule has 0 spiro atoms. The first kappa shape index (κ1) is 19.1. The molecule has 142 valence electrons. The molecule has 1 aliphatic rings. The van der Waals surface area contributed by atoms with Crippen molar-refractivity contribution in [1.29, 1.82) is 0 Å². The van der Waals surface area contributed by atoms with E-state index in [1.807, 2.05) is 24.0 Å². The number of nitrogens with zero attached hydrogens (tertiary/aromatic N) is 2. The number of hydrogen-bond donors (Lipinski definition) is 0. The van der Waals surface area contributed by atoms with Crippen molar-refractivity contribution < 1.29 is 18.7 Å². The van der Waals surface area contributed by atoms with Crippen LogP contribution < -0.4 is 4.90 Å². The third-order valence-corrected chi connectivity index (χ3v) is 5.27. The monoisotopic (exact) mass is 388 g/mol. The summed E-state index contributed by atoms with van der Waals surface area (Å²) in [6.45, 7) is 3.72. The molecule has 0 radical (unpaired) electrons. The SMILES string of the molecule is Cc1ccc(/C=C/C(=O)OCC(=O)N2CCN(c3ccccc3F)CC2)s1. The molecule has 5 nitrogen and oxygen atoms in total. The zero-order chi connectivity index (χ0) is 19.2. The molecule has 1 aromatic heterocycles. The number of carbonyl (C=O) groups excluding carboxylic acids is 2. The lowest BCUT2D eigenvalue weighted by Crippen LogP contribution is -2.50. The van der Waals surface area contributed by atoms with Crippen molar-refractivity contribution in [2.24, 2.45) is 0 Å². The Hall–Kier alpha value is -2.67. The van der Waals surface area contributed by atoms with Gasteiger partial charge in [-0.3, -0.25) is 4.79 Å². The van der Waals surface area contributed by atoms with Crippen LogP contribution in [0.3, 0.4) is 0 Å². The maximum atomic E-state index is 13.9. The molecule has 1 fully saturated rings. The van der Waals surface area contributed by atoms with Crippen molar-refractivity contribution in [3.63, 3.8) is 0 Å². The maximum Gasteiger partial charge on any atom is 0.331 e. The molecule has 0 aliphatic carbocycles. The van der Waals surface area contributed by atoms with Crippen LogP contribution in [-0.4, -0.2) is 49.6 Å². The highest BCUT2D eigenvalue weighted by molar-refractivity contribution is 7.12. The summed E-state index contributed by atoms with van der Waals surface area (Å²) in [5.74, 6) is -1.05. The number of halogens is 1. The molecule has 27 heavy (non-hydrogen) atoms. The highest BCUT2D eigenvalue weighted by Crippen LogP contribution is 2.20. The Morgan fingerprint density at radius 2 is 1.89 bits per heavy atom. The number of ether oxygens (including phenoxy) is 1. The van der Waals surface area contributed by atoms with E-state index in [4.69, 9.17) is 4.74 Å². The van der Waals surface area contributed by atoms with Crippen molar-refractivity contribution >= 4 is 35.0 Å². The normalized spacial score (nSPS) is 14.6. The summed E-state index contributed by atoms with van der Waals surface area (Å²) >= 11 is 1.58. The molecule has 0 bridgehead atoms. The largest absolute Gasteiger partial charge is 0.452 e. The first-order chi connectivity index (χ1) is 13.0. The van der Waals surface area contributed by atoms with Gasteiger partial charge in [0.05, 0.1) is 5.69 Å². The van der Waals surface area contributed by atoms with Crippen LogP contribution in [0.5, 0.6) is 0 Å². The third-order valence-electron chi connectivity index (χ3n) is 4.31. The van der Waals surface area contributed by atoms with E-state index in [0.717, 1.165) is 9.75 Å². The summed E-state index contributed by atoms with van der Waals surface area (Å²) in [6, 6.07) is 10.5. The quantitative estimate of drug-likeness (QED) is 0.583. The first-order valence-corrected chi connectivity index (χ1v) is 9.53. The molecule has 2 heterocycles. The number of hydrogen-bond acceptors (Lipinski definition) is 5. The molecule has 1 amide bonds. The molecule has 0 N–H and O–H groups in total. The Morgan fingerprint density at radius 1 is 1.15 bits per heavy atom. The predicted molar refractivity (Wildman–Crippen MR) is 104 cm³/mol. The highest BCUT2D eigenvalue weighted by atomic mass is 32.1. The van der Waals surface area contributed by atoms with Gasteiger partial charge in [-0.2, -0.15) is 0 Å².